The van der Waals surface area contributed by atoms with E-state index in [1.54, 1.807) is 12.3 Å². The van der Waals surface area contributed by atoms with E-state index in [0.717, 1.165) is 30.5 Å². The van der Waals surface area contributed by atoms with Gasteiger partial charge in [0.05, 0.1) is 0 Å². The van der Waals surface area contributed by atoms with Gasteiger partial charge in [-0.15, -0.1) is 0 Å². The van der Waals surface area contributed by atoms with Crippen molar-refractivity contribution >= 4 is 0 Å². The number of nitrogens with zero attached hydrogens (tertiary/aromatic N) is 1. The fourth-order valence-corrected chi connectivity index (χ4v) is 1.85. The van der Waals surface area contributed by atoms with Crippen molar-refractivity contribution in [1.82, 2.24) is 4.98 Å². The second kappa shape index (κ2) is 7.17. The van der Waals surface area contributed by atoms with Gasteiger partial charge in [-0.25, -0.2) is 13.8 Å². The van der Waals surface area contributed by atoms with Crippen molar-refractivity contribution in [3.05, 3.63) is 46.9 Å². The minimum Gasteiger partial charge on any atom is -0.433 e. The Morgan fingerprint density at radius 2 is 2.10 bits per heavy atom. The summed E-state index contributed by atoms with van der Waals surface area (Å²) in [6.45, 7) is 8.78. The van der Waals surface area contributed by atoms with Gasteiger partial charge in [0.2, 0.25) is 5.88 Å². The Hall–Kier alpha value is -1.71. The highest BCUT2D eigenvalue weighted by atomic mass is 19.1. The van der Waals surface area contributed by atoms with E-state index in [-0.39, 0.29) is 5.88 Å². The summed E-state index contributed by atoms with van der Waals surface area (Å²) in [5, 5.41) is 0. The first-order valence-electron chi connectivity index (χ1n) is 6.73. The lowest BCUT2D eigenvalue weighted by molar-refractivity contribution is 0.364. The van der Waals surface area contributed by atoms with E-state index in [9.17, 15) is 8.78 Å². The number of hydrogen-bond donors (Lipinski definition) is 0. The van der Waals surface area contributed by atoms with Crippen molar-refractivity contribution in [2.24, 2.45) is 0 Å². The Balaban J connectivity index is 3.06. The molecule has 0 saturated carbocycles. The fraction of sp³-hybridized carbons (Fsp3) is 0.438. The Kier molecular flexibility index (Phi) is 5.86. The first-order chi connectivity index (χ1) is 9.40. The number of allylic oxidation sites excluding steroid dienone is 3. The third-order valence-corrected chi connectivity index (χ3v) is 3.26. The molecule has 0 spiro atoms. The van der Waals surface area contributed by atoms with Gasteiger partial charge < -0.3 is 4.74 Å². The minimum absolute atomic E-state index is 0.193. The molecule has 1 atom stereocenters. The maximum Gasteiger partial charge on any atom is 0.219 e. The maximum absolute atomic E-state index is 13.5. The predicted molar refractivity (Wildman–Crippen MR) is 77.0 cm³/mol. The molecule has 110 valence electrons. The lowest BCUT2D eigenvalue weighted by Crippen LogP contribution is -2.02. The molecule has 1 heterocycles. The highest BCUT2D eigenvalue weighted by Gasteiger charge is 2.14. The second-order valence-electron chi connectivity index (χ2n) is 4.79. The summed E-state index contributed by atoms with van der Waals surface area (Å²) in [5.41, 5.74) is 2.12. The molecule has 20 heavy (non-hydrogen) atoms. The van der Waals surface area contributed by atoms with E-state index in [2.05, 4.69) is 18.8 Å². The van der Waals surface area contributed by atoms with E-state index in [1.807, 2.05) is 6.92 Å². The smallest absolute Gasteiger partial charge is 0.219 e. The average Bonchev–Trinajstić information content (AvgIpc) is 2.43. The first kappa shape index (κ1) is 16.3. The van der Waals surface area contributed by atoms with Crippen molar-refractivity contribution in [2.75, 3.05) is 0 Å². The first-order valence-corrected chi connectivity index (χ1v) is 6.73. The Morgan fingerprint density at radius 1 is 1.45 bits per heavy atom. The Morgan fingerprint density at radius 3 is 2.55 bits per heavy atom. The van der Waals surface area contributed by atoms with Crippen LogP contribution in [0.15, 0.2) is 35.8 Å². The zero-order valence-electron chi connectivity index (χ0n) is 12.6. The molecule has 4 heteroatoms. The van der Waals surface area contributed by atoms with Crippen LogP contribution in [0, 0.1) is 6.92 Å². The van der Waals surface area contributed by atoms with Crippen LogP contribution < -0.4 is 4.74 Å². The number of pyridine rings is 1. The molecule has 0 aliphatic carbocycles. The molecule has 0 N–H and O–H groups in total. The van der Waals surface area contributed by atoms with Gasteiger partial charge in [-0.2, -0.15) is 0 Å². The van der Waals surface area contributed by atoms with Crippen LogP contribution in [0.3, 0.4) is 0 Å². The number of aryl methyl sites for hydroxylation is 1. The van der Waals surface area contributed by atoms with Gasteiger partial charge in [-0.05, 0) is 50.3 Å². The topological polar surface area (TPSA) is 22.1 Å². The summed E-state index contributed by atoms with van der Waals surface area (Å²) in [6, 6.07) is 1.70. The SMILES string of the molecule is C/C=C(F)\C(Oc1cc(C)c(C(C)CC)cn1)=C(/C)F. The third kappa shape index (κ3) is 3.89. The van der Waals surface area contributed by atoms with Crippen LogP contribution in [0.2, 0.25) is 0 Å². The lowest BCUT2D eigenvalue weighted by atomic mass is 9.96. The molecule has 1 rings (SSSR count). The van der Waals surface area contributed by atoms with Crippen LogP contribution in [0.25, 0.3) is 0 Å². The molecular weight excluding hydrogens is 260 g/mol. The zero-order valence-corrected chi connectivity index (χ0v) is 12.6. The van der Waals surface area contributed by atoms with Crippen LogP contribution in [-0.2, 0) is 0 Å². The average molecular weight is 281 g/mol. The number of halogens is 2. The van der Waals surface area contributed by atoms with E-state index >= 15 is 0 Å². The molecule has 0 aliphatic heterocycles. The molecule has 2 nitrogen and oxygen atoms in total. The van der Waals surface area contributed by atoms with Crippen LogP contribution in [0.1, 0.15) is 51.2 Å². The van der Waals surface area contributed by atoms with Gasteiger partial charge in [-0.3, -0.25) is 0 Å². The third-order valence-electron chi connectivity index (χ3n) is 3.26. The van der Waals surface area contributed by atoms with Crippen molar-refractivity contribution in [3.63, 3.8) is 0 Å². The van der Waals surface area contributed by atoms with Gasteiger partial charge >= 0.3 is 0 Å². The Labute approximate surface area is 119 Å². The van der Waals surface area contributed by atoms with Crippen molar-refractivity contribution in [1.29, 1.82) is 0 Å². The molecule has 0 saturated heterocycles. The molecule has 0 radical (unpaired) electrons. The summed E-state index contributed by atoms with van der Waals surface area (Å²) in [6.07, 6.45) is 3.86. The normalized spacial score (nSPS) is 14.8. The van der Waals surface area contributed by atoms with Crippen LogP contribution >= 0.6 is 0 Å². The number of ether oxygens (including phenoxy) is 1. The molecule has 1 unspecified atom stereocenters. The van der Waals surface area contributed by atoms with Crippen molar-refractivity contribution < 1.29 is 13.5 Å². The van der Waals surface area contributed by atoms with Gasteiger partial charge in [0, 0.05) is 12.3 Å². The van der Waals surface area contributed by atoms with Gasteiger partial charge in [0.25, 0.3) is 0 Å². The summed E-state index contributed by atoms with van der Waals surface area (Å²) in [7, 11) is 0. The number of hydrogen-bond acceptors (Lipinski definition) is 2. The summed E-state index contributed by atoms with van der Waals surface area (Å²) in [5.74, 6) is -1.29. The molecule has 0 fully saturated rings. The molecule has 0 bridgehead atoms. The largest absolute Gasteiger partial charge is 0.433 e. The van der Waals surface area contributed by atoms with Crippen molar-refractivity contribution in [3.8, 4) is 5.88 Å². The van der Waals surface area contributed by atoms with Gasteiger partial charge in [0.15, 0.2) is 11.6 Å². The molecule has 0 aromatic carbocycles. The Bertz CT molecular complexity index is 531. The summed E-state index contributed by atoms with van der Waals surface area (Å²) in [4.78, 5) is 4.13. The van der Waals surface area contributed by atoms with E-state index in [1.165, 1.54) is 6.92 Å². The predicted octanol–water partition coefficient (Wildman–Crippen LogP) is 5.36. The van der Waals surface area contributed by atoms with Gasteiger partial charge in [-0.1, -0.05) is 13.8 Å². The highest BCUT2D eigenvalue weighted by molar-refractivity contribution is 5.33. The van der Waals surface area contributed by atoms with Crippen LogP contribution in [-0.4, -0.2) is 4.98 Å². The highest BCUT2D eigenvalue weighted by Crippen LogP contribution is 2.26. The zero-order chi connectivity index (χ0) is 15.3. The molecule has 0 amide bonds. The molecular formula is C16H21F2NO. The van der Waals surface area contributed by atoms with Crippen LogP contribution in [0.4, 0.5) is 8.78 Å². The fourth-order valence-electron chi connectivity index (χ4n) is 1.85. The second-order valence-corrected chi connectivity index (χ2v) is 4.79. The lowest BCUT2D eigenvalue weighted by Gasteiger charge is -2.14. The number of aromatic nitrogens is 1. The molecule has 1 aromatic rings. The van der Waals surface area contributed by atoms with Crippen molar-refractivity contribution in [2.45, 2.75) is 47.0 Å². The minimum atomic E-state index is -0.740. The number of rotatable bonds is 5. The molecule has 1 aromatic heterocycles. The standard InChI is InChI=1S/C16H21F2NO/c1-6-10(3)13-9-19-15(8-11(13)4)20-16(12(5)17)14(18)7-2/h7-10H,6H2,1-5H3/b14-7+,16-12-. The van der Waals surface area contributed by atoms with E-state index < -0.39 is 17.4 Å². The van der Waals surface area contributed by atoms with E-state index in [4.69, 9.17) is 4.74 Å². The van der Waals surface area contributed by atoms with E-state index in [0.29, 0.717) is 5.92 Å². The summed E-state index contributed by atoms with van der Waals surface area (Å²) < 4.78 is 32.0. The quantitative estimate of drug-likeness (QED) is 0.535. The van der Waals surface area contributed by atoms with Gasteiger partial charge in [0.1, 0.15) is 5.83 Å². The maximum atomic E-state index is 13.5. The summed E-state index contributed by atoms with van der Waals surface area (Å²) >= 11 is 0. The monoisotopic (exact) mass is 281 g/mol. The van der Waals surface area contributed by atoms with Crippen LogP contribution in [0.5, 0.6) is 5.88 Å². The molecule has 0 aliphatic rings.